The zero-order valence-corrected chi connectivity index (χ0v) is 10.1. The maximum absolute atomic E-state index is 11.1. The Bertz CT molecular complexity index is 189. The van der Waals surface area contributed by atoms with Crippen LogP contribution in [0.25, 0.3) is 0 Å². The molecule has 0 amide bonds. The van der Waals surface area contributed by atoms with Gasteiger partial charge in [-0.2, -0.15) is 0 Å². The molecule has 2 heteroatoms. The first-order chi connectivity index (χ1) is 7.27. The molecule has 2 atom stereocenters. The summed E-state index contributed by atoms with van der Waals surface area (Å²) in [6.45, 7) is 4.62. The zero-order chi connectivity index (χ0) is 11.1. The summed E-state index contributed by atoms with van der Waals surface area (Å²) in [6.07, 6.45) is 8.36. The highest BCUT2D eigenvalue weighted by atomic mass is 16.5. The van der Waals surface area contributed by atoms with Crippen molar-refractivity contribution in [3.63, 3.8) is 0 Å². The van der Waals surface area contributed by atoms with Crippen LogP contribution in [-0.2, 0) is 9.53 Å². The van der Waals surface area contributed by atoms with Gasteiger partial charge < -0.3 is 4.74 Å². The first kappa shape index (κ1) is 12.5. The summed E-state index contributed by atoms with van der Waals surface area (Å²) in [5.74, 6) is 1.88. The Balaban J connectivity index is 1.92. The molecule has 0 spiro atoms. The van der Waals surface area contributed by atoms with E-state index in [1.165, 1.54) is 32.1 Å². The summed E-state index contributed by atoms with van der Waals surface area (Å²) in [7, 11) is 0. The molecular formula is C13H24O2. The second-order valence-electron chi connectivity index (χ2n) is 4.60. The first-order valence-corrected chi connectivity index (χ1v) is 6.43. The SMILES string of the molecule is CCCC[C@H]1C[C@H]1CCCC(=O)OCC. The number of carbonyl (C=O) groups is 1. The van der Waals surface area contributed by atoms with Gasteiger partial charge in [0, 0.05) is 6.42 Å². The van der Waals surface area contributed by atoms with E-state index in [4.69, 9.17) is 4.74 Å². The predicted molar refractivity (Wildman–Crippen MR) is 61.6 cm³/mol. The lowest BCUT2D eigenvalue weighted by atomic mass is 10.1. The molecule has 0 aromatic carbocycles. The van der Waals surface area contributed by atoms with Crippen molar-refractivity contribution < 1.29 is 9.53 Å². The van der Waals surface area contributed by atoms with Crippen molar-refractivity contribution in [3.05, 3.63) is 0 Å². The number of hydrogen-bond donors (Lipinski definition) is 0. The fourth-order valence-electron chi connectivity index (χ4n) is 2.23. The third-order valence-corrected chi connectivity index (χ3v) is 3.26. The molecule has 1 saturated carbocycles. The van der Waals surface area contributed by atoms with E-state index in [0.717, 1.165) is 18.3 Å². The molecule has 1 fully saturated rings. The van der Waals surface area contributed by atoms with E-state index < -0.39 is 0 Å². The molecule has 0 saturated heterocycles. The number of unbranched alkanes of at least 4 members (excludes halogenated alkanes) is 1. The molecule has 0 aromatic heterocycles. The van der Waals surface area contributed by atoms with Crippen LogP contribution in [0, 0.1) is 11.8 Å². The van der Waals surface area contributed by atoms with Crippen LogP contribution in [0.4, 0.5) is 0 Å². The molecule has 2 nitrogen and oxygen atoms in total. The minimum Gasteiger partial charge on any atom is -0.466 e. The molecule has 0 N–H and O–H groups in total. The van der Waals surface area contributed by atoms with Crippen molar-refractivity contribution in [3.8, 4) is 0 Å². The standard InChI is InChI=1S/C13H24O2/c1-3-5-7-11-10-12(11)8-6-9-13(14)15-4-2/h11-12H,3-10H2,1-2H3/t11-,12+/m0/s1. The summed E-state index contributed by atoms with van der Waals surface area (Å²) in [6, 6.07) is 0. The lowest BCUT2D eigenvalue weighted by Gasteiger charge is -2.01. The van der Waals surface area contributed by atoms with Crippen molar-refractivity contribution in [1.29, 1.82) is 0 Å². The van der Waals surface area contributed by atoms with Gasteiger partial charge in [0.05, 0.1) is 6.61 Å². The second kappa shape index (κ2) is 6.86. The van der Waals surface area contributed by atoms with Gasteiger partial charge >= 0.3 is 5.97 Å². The molecule has 0 aromatic rings. The van der Waals surface area contributed by atoms with E-state index in [0.29, 0.717) is 13.0 Å². The van der Waals surface area contributed by atoms with Gasteiger partial charge in [0.2, 0.25) is 0 Å². The summed E-state index contributed by atoms with van der Waals surface area (Å²) >= 11 is 0. The molecule has 0 unspecified atom stereocenters. The predicted octanol–water partition coefficient (Wildman–Crippen LogP) is 3.55. The van der Waals surface area contributed by atoms with E-state index in [2.05, 4.69) is 6.92 Å². The highest BCUT2D eigenvalue weighted by molar-refractivity contribution is 5.69. The van der Waals surface area contributed by atoms with Gasteiger partial charge in [-0.1, -0.05) is 26.2 Å². The van der Waals surface area contributed by atoms with Crippen LogP contribution < -0.4 is 0 Å². The van der Waals surface area contributed by atoms with Gasteiger partial charge in [-0.3, -0.25) is 4.79 Å². The first-order valence-electron chi connectivity index (χ1n) is 6.43. The molecule has 88 valence electrons. The van der Waals surface area contributed by atoms with Crippen molar-refractivity contribution in [1.82, 2.24) is 0 Å². The minimum atomic E-state index is -0.0248. The highest BCUT2D eigenvalue weighted by Gasteiger charge is 2.35. The quantitative estimate of drug-likeness (QED) is 0.575. The monoisotopic (exact) mass is 212 g/mol. The Morgan fingerprint density at radius 2 is 1.87 bits per heavy atom. The van der Waals surface area contributed by atoms with Crippen molar-refractivity contribution in [2.75, 3.05) is 6.61 Å². The number of hydrogen-bond acceptors (Lipinski definition) is 2. The molecule has 0 radical (unpaired) electrons. The van der Waals surface area contributed by atoms with Crippen LogP contribution >= 0.6 is 0 Å². The van der Waals surface area contributed by atoms with Gasteiger partial charge in [0.25, 0.3) is 0 Å². The fraction of sp³-hybridized carbons (Fsp3) is 0.923. The number of ether oxygens (including phenoxy) is 1. The van der Waals surface area contributed by atoms with E-state index in [1.54, 1.807) is 0 Å². The topological polar surface area (TPSA) is 26.3 Å². The van der Waals surface area contributed by atoms with Crippen LogP contribution in [0.5, 0.6) is 0 Å². The smallest absolute Gasteiger partial charge is 0.305 e. The number of carbonyl (C=O) groups excluding carboxylic acids is 1. The Morgan fingerprint density at radius 3 is 2.47 bits per heavy atom. The molecule has 1 rings (SSSR count). The summed E-state index contributed by atoms with van der Waals surface area (Å²) in [4.78, 5) is 11.1. The molecule has 15 heavy (non-hydrogen) atoms. The average Bonchev–Trinajstić information content (AvgIpc) is 2.94. The molecule has 0 bridgehead atoms. The van der Waals surface area contributed by atoms with Crippen LogP contribution in [0.2, 0.25) is 0 Å². The molecule has 0 heterocycles. The normalized spacial score (nSPS) is 23.9. The molecular weight excluding hydrogens is 188 g/mol. The Kier molecular flexibility index (Phi) is 5.74. The van der Waals surface area contributed by atoms with E-state index >= 15 is 0 Å². The van der Waals surface area contributed by atoms with Crippen LogP contribution in [0.1, 0.15) is 58.8 Å². The third kappa shape index (κ3) is 5.19. The average molecular weight is 212 g/mol. The lowest BCUT2D eigenvalue weighted by Crippen LogP contribution is -2.03. The number of rotatable bonds is 8. The van der Waals surface area contributed by atoms with Crippen molar-refractivity contribution >= 4 is 5.97 Å². The van der Waals surface area contributed by atoms with Gasteiger partial charge in [0.1, 0.15) is 0 Å². The Labute approximate surface area is 93.4 Å². The summed E-state index contributed by atoms with van der Waals surface area (Å²) < 4.78 is 4.90. The zero-order valence-electron chi connectivity index (χ0n) is 10.1. The molecule has 0 aliphatic heterocycles. The molecule has 1 aliphatic carbocycles. The third-order valence-electron chi connectivity index (χ3n) is 3.26. The fourth-order valence-corrected chi connectivity index (χ4v) is 2.23. The van der Waals surface area contributed by atoms with Crippen LogP contribution in [0.3, 0.4) is 0 Å². The molecule has 1 aliphatic rings. The van der Waals surface area contributed by atoms with E-state index in [9.17, 15) is 4.79 Å². The van der Waals surface area contributed by atoms with E-state index in [1.807, 2.05) is 6.92 Å². The largest absolute Gasteiger partial charge is 0.466 e. The second-order valence-corrected chi connectivity index (χ2v) is 4.60. The van der Waals surface area contributed by atoms with Gasteiger partial charge in [-0.05, 0) is 38.0 Å². The van der Waals surface area contributed by atoms with Gasteiger partial charge in [-0.25, -0.2) is 0 Å². The summed E-state index contributed by atoms with van der Waals surface area (Å²) in [5.41, 5.74) is 0. The van der Waals surface area contributed by atoms with Crippen molar-refractivity contribution in [2.24, 2.45) is 11.8 Å². The van der Waals surface area contributed by atoms with Crippen LogP contribution in [0.15, 0.2) is 0 Å². The maximum atomic E-state index is 11.1. The summed E-state index contributed by atoms with van der Waals surface area (Å²) in [5, 5.41) is 0. The Morgan fingerprint density at radius 1 is 1.20 bits per heavy atom. The van der Waals surface area contributed by atoms with Crippen LogP contribution in [-0.4, -0.2) is 12.6 Å². The maximum Gasteiger partial charge on any atom is 0.305 e. The van der Waals surface area contributed by atoms with Crippen molar-refractivity contribution in [2.45, 2.75) is 58.8 Å². The van der Waals surface area contributed by atoms with E-state index in [-0.39, 0.29) is 5.97 Å². The lowest BCUT2D eigenvalue weighted by molar-refractivity contribution is -0.143. The van der Waals surface area contributed by atoms with Gasteiger partial charge in [0.15, 0.2) is 0 Å². The Hall–Kier alpha value is -0.530. The van der Waals surface area contributed by atoms with Gasteiger partial charge in [-0.15, -0.1) is 0 Å². The number of esters is 1. The highest BCUT2D eigenvalue weighted by Crippen LogP contribution is 2.45. The minimum absolute atomic E-state index is 0.0248.